The Kier molecular flexibility index (Phi) is 5.44. The summed E-state index contributed by atoms with van der Waals surface area (Å²) in [6, 6.07) is 0. The first kappa shape index (κ1) is 13.7. The molecule has 0 radical (unpaired) electrons. The van der Waals surface area contributed by atoms with Crippen LogP contribution in [-0.2, 0) is 4.74 Å². The van der Waals surface area contributed by atoms with Gasteiger partial charge in [0.15, 0.2) is 0 Å². The van der Waals surface area contributed by atoms with E-state index >= 15 is 0 Å². The molecule has 2 N–H and O–H groups in total. The second-order valence-corrected chi connectivity index (χ2v) is 3.49. The molecule has 0 unspecified atom stereocenters. The summed E-state index contributed by atoms with van der Waals surface area (Å²) < 4.78 is 40.1. The van der Waals surface area contributed by atoms with Crippen LogP contribution in [0.3, 0.4) is 0 Å². The second-order valence-electron chi connectivity index (χ2n) is 3.49. The number of rotatable bonds is 6. The van der Waals surface area contributed by atoms with E-state index in [2.05, 4.69) is 0 Å². The zero-order chi connectivity index (χ0) is 11.2. The summed E-state index contributed by atoms with van der Waals surface area (Å²) >= 11 is 0. The van der Waals surface area contributed by atoms with Crippen molar-refractivity contribution in [3.05, 3.63) is 0 Å². The molecule has 0 amide bonds. The minimum atomic E-state index is -4.14. The molecule has 0 spiro atoms. The molecule has 0 saturated heterocycles. The number of alkyl halides is 3. The van der Waals surface area contributed by atoms with E-state index in [1.54, 1.807) is 0 Å². The molecule has 0 heterocycles. The van der Waals surface area contributed by atoms with Crippen LogP contribution in [0.2, 0.25) is 0 Å². The Hall–Kier alpha value is -0.290. The maximum absolute atomic E-state index is 11.7. The van der Waals surface area contributed by atoms with Gasteiger partial charge in [-0.1, -0.05) is 13.8 Å². The van der Waals surface area contributed by atoms with Gasteiger partial charge in [0.25, 0.3) is 0 Å². The van der Waals surface area contributed by atoms with Gasteiger partial charge in [0.1, 0.15) is 0 Å². The average molecular weight is 213 g/mol. The summed E-state index contributed by atoms with van der Waals surface area (Å²) in [6.07, 6.45) is -3.64. The van der Waals surface area contributed by atoms with Crippen LogP contribution >= 0.6 is 0 Å². The van der Waals surface area contributed by atoms with Crippen molar-refractivity contribution < 1.29 is 17.9 Å². The highest BCUT2D eigenvalue weighted by molar-refractivity contribution is 4.80. The predicted octanol–water partition coefficient (Wildman–Crippen LogP) is 2.47. The van der Waals surface area contributed by atoms with Crippen molar-refractivity contribution in [1.82, 2.24) is 0 Å². The highest BCUT2D eigenvalue weighted by Gasteiger charge is 2.27. The van der Waals surface area contributed by atoms with Crippen LogP contribution in [0.15, 0.2) is 0 Å². The molecule has 86 valence electrons. The van der Waals surface area contributed by atoms with E-state index in [-0.39, 0.29) is 13.2 Å². The van der Waals surface area contributed by atoms with Crippen molar-refractivity contribution in [3.8, 4) is 0 Å². The van der Waals surface area contributed by atoms with Gasteiger partial charge in [-0.15, -0.1) is 0 Å². The van der Waals surface area contributed by atoms with E-state index in [1.807, 2.05) is 13.8 Å². The summed E-state index contributed by atoms with van der Waals surface area (Å²) in [6.45, 7) is 3.69. The van der Waals surface area contributed by atoms with Gasteiger partial charge in [-0.05, 0) is 12.8 Å². The third-order valence-electron chi connectivity index (χ3n) is 2.33. The van der Waals surface area contributed by atoms with Gasteiger partial charge in [-0.2, -0.15) is 13.2 Å². The quantitative estimate of drug-likeness (QED) is 0.688. The number of ether oxygens (including phenoxy) is 1. The van der Waals surface area contributed by atoms with E-state index in [0.717, 1.165) is 0 Å². The lowest BCUT2D eigenvalue weighted by Gasteiger charge is -2.26. The number of hydrogen-bond acceptors (Lipinski definition) is 2. The molecular weight excluding hydrogens is 195 g/mol. The monoisotopic (exact) mass is 213 g/mol. The Labute approximate surface area is 82.6 Å². The van der Waals surface area contributed by atoms with Crippen molar-refractivity contribution in [2.75, 3.05) is 13.2 Å². The van der Waals surface area contributed by atoms with Gasteiger partial charge < -0.3 is 10.5 Å². The zero-order valence-corrected chi connectivity index (χ0v) is 8.66. The molecule has 0 atom stereocenters. The zero-order valence-electron chi connectivity index (χ0n) is 8.66. The van der Waals surface area contributed by atoms with Crippen LogP contribution < -0.4 is 5.73 Å². The molecule has 0 aliphatic carbocycles. The fraction of sp³-hybridized carbons (Fsp3) is 1.00. The van der Waals surface area contributed by atoms with Crippen molar-refractivity contribution in [2.24, 2.45) is 5.73 Å². The molecule has 2 nitrogen and oxygen atoms in total. The molecule has 0 aromatic heterocycles. The maximum atomic E-state index is 11.7. The molecule has 0 rings (SSSR count). The van der Waals surface area contributed by atoms with Crippen LogP contribution in [0.5, 0.6) is 0 Å². The third kappa shape index (κ3) is 6.21. The van der Waals surface area contributed by atoms with Crippen LogP contribution in [0.1, 0.15) is 33.1 Å². The SMILES string of the molecule is CCC(N)(CC)COCCC(F)(F)F. The van der Waals surface area contributed by atoms with E-state index < -0.39 is 18.1 Å². The summed E-state index contributed by atoms with van der Waals surface area (Å²) in [5.41, 5.74) is 5.36. The molecule has 0 bridgehead atoms. The minimum absolute atomic E-state index is 0.191. The van der Waals surface area contributed by atoms with Gasteiger partial charge >= 0.3 is 6.18 Å². The Balaban J connectivity index is 3.63. The molecule has 0 saturated carbocycles. The maximum Gasteiger partial charge on any atom is 0.391 e. The molecule has 0 aromatic carbocycles. The van der Waals surface area contributed by atoms with E-state index in [0.29, 0.717) is 12.8 Å². The second kappa shape index (κ2) is 5.56. The molecule has 0 aromatic rings. The van der Waals surface area contributed by atoms with Gasteiger partial charge in [0, 0.05) is 5.54 Å². The topological polar surface area (TPSA) is 35.2 Å². The first-order valence-corrected chi connectivity index (χ1v) is 4.76. The fourth-order valence-corrected chi connectivity index (χ4v) is 0.917. The molecule has 5 heteroatoms. The van der Waals surface area contributed by atoms with Gasteiger partial charge in [-0.3, -0.25) is 0 Å². The lowest BCUT2D eigenvalue weighted by Crippen LogP contribution is -2.43. The largest absolute Gasteiger partial charge is 0.391 e. The molecule has 14 heavy (non-hydrogen) atoms. The average Bonchev–Trinajstić information content (AvgIpc) is 2.11. The standard InChI is InChI=1S/C9H18F3NO/c1-3-8(13,4-2)7-14-6-5-9(10,11)12/h3-7,13H2,1-2H3. The lowest BCUT2D eigenvalue weighted by molar-refractivity contribution is -0.146. The number of nitrogens with two attached hydrogens (primary N) is 1. The van der Waals surface area contributed by atoms with Crippen LogP contribution in [-0.4, -0.2) is 24.9 Å². The molecular formula is C9H18F3NO. The van der Waals surface area contributed by atoms with E-state index in [1.165, 1.54) is 0 Å². The van der Waals surface area contributed by atoms with Gasteiger partial charge in [0.05, 0.1) is 19.6 Å². The van der Waals surface area contributed by atoms with Crippen LogP contribution in [0.4, 0.5) is 13.2 Å². The Morgan fingerprint density at radius 1 is 1.14 bits per heavy atom. The molecule has 0 fully saturated rings. The summed E-state index contributed by atoms with van der Waals surface area (Å²) in [7, 11) is 0. The van der Waals surface area contributed by atoms with Gasteiger partial charge in [-0.25, -0.2) is 0 Å². The lowest BCUT2D eigenvalue weighted by atomic mass is 9.96. The molecule has 0 aliphatic rings. The van der Waals surface area contributed by atoms with E-state index in [9.17, 15) is 13.2 Å². The van der Waals surface area contributed by atoms with Crippen LogP contribution in [0.25, 0.3) is 0 Å². The summed E-state index contributed by atoms with van der Waals surface area (Å²) in [5, 5.41) is 0. The highest BCUT2D eigenvalue weighted by Crippen LogP contribution is 2.19. The molecule has 0 aliphatic heterocycles. The number of hydrogen-bond donors (Lipinski definition) is 1. The normalized spacial score (nSPS) is 13.3. The Morgan fingerprint density at radius 3 is 2.00 bits per heavy atom. The van der Waals surface area contributed by atoms with Gasteiger partial charge in [0.2, 0.25) is 0 Å². The Bertz CT molecular complexity index is 155. The fourth-order valence-electron chi connectivity index (χ4n) is 0.917. The van der Waals surface area contributed by atoms with Crippen molar-refractivity contribution >= 4 is 0 Å². The highest BCUT2D eigenvalue weighted by atomic mass is 19.4. The van der Waals surface area contributed by atoms with E-state index in [4.69, 9.17) is 10.5 Å². The van der Waals surface area contributed by atoms with Crippen molar-refractivity contribution in [3.63, 3.8) is 0 Å². The summed E-state index contributed by atoms with van der Waals surface area (Å²) in [4.78, 5) is 0. The first-order valence-electron chi connectivity index (χ1n) is 4.76. The smallest absolute Gasteiger partial charge is 0.379 e. The minimum Gasteiger partial charge on any atom is -0.379 e. The predicted molar refractivity (Wildman–Crippen MR) is 49.0 cm³/mol. The van der Waals surface area contributed by atoms with Crippen LogP contribution in [0, 0.1) is 0 Å². The van der Waals surface area contributed by atoms with Crippen molar-refractivity contribution in [1.29, 1.82) is 0 Å². The Morgan fingerprint density at radius 2 is 1.64 bits per heavy atom. The number of halogens is 3. The summed E-state index contributed by atoms with van der Waals surface area (Å²) in [5.74, 6) is 0. The third-order valence-corrected chi connectivity index (χ3v) is 2.33. The van der Waals surface area contributed by atoms with Crippen molar-refractivity contribution in [2.45, 2.75) is 44.8 Å². The first-order chi connectivity index (χ1) is 6.33.